The third-order valence-corrected chi connectivity index (χ3v) is 9.49. The summed E-state index contributed by atoms with van der Waals surface area (Å²) in [5, 5.41) is 17.3. The highest BCUT2D eigenvalue weighted by molar-refractivity contribution is 6.41. The number of Topliss-reactive ketones (excluding diaryl/α,β-unsaturated/α-hetero) is 1. The molecule has 3 aromatic carbocycles. The van der Waals surface area contributed by atoms with Crippen molar-refractivity contribution >= 4 is 44.4 Å². The van der Waals surface area contributed by atoms with Gasteiger partial charge in [0.1, 0.15) is 6.54 Å². The van der Waals surface area contributed by atoms with Gasteiger partial charge in [-0.3, -0.25) is 4.79 Å². The Bertz CT molecular complexity index is 1790. The fourth-order valence-electron chi connectivity index (χ4n) is 7.48. The molecule has 4 heteroatoms. The first-order valence-electron chi connectivity index (χ1n) is 14.8. The van der Waals surface area contributed by atoms with E-state index in [4.69, 9.17) is 0 Å². The Kier molecular flexibility index (Phi) is 5.85. The van der Waals surface area contributed by atoms with E-state index in [-0.39, 0.29) is 17.0 Å². The second kappa shape index (κ2) is 9.33. The van der Waals surface area contributed by atoms with E-state index >= 15 is 0 Å². The number of ketones is 1. The number of carbonyl (C=O) groups is 1. The number of benzene rings is 3. The Balaban J connectivity index is 1.43. The van der Waals surface area contributed by atoms with E-state index in [9.17, 15) is 9.90 Å². The lowest BCUT2D eigenvalue weighted by Gasteiger charge is -2.34. The Morgan fingerprint density at radius 3 is 2.45 bits per heavy atom. The van der Waals surface area contributed by atoms with E-state index in [2.05, 4.69) is 54.8 Å². The predicted octanol–water partition coefficient (Wildman–Crippen LogP) is 6.96. The third-order valence-electron chi connectivity index (χ3n) is 9.49. The summed E-state index contributed by atoms with van der Waals surface area (Å²) in [7, 11) is 1.96. The average molecular weight is 529 g/mol. The number of aromatic nitrogens is 1. The Hall–Kier alpha value is -3.92. The molecule has 1 spiro atoms. The van der Waals surface area contributed by atoms with Crippen molar-refractivity contribution in [2.45, 2.75) is 57.8 Å². The van der Waals surface area contributed by atoms with E-state index in [1.807, 2.05) is 48.2 Å². The van der Waals surface area contributed by atoms with Crippen molar-refractivity contribution in [2.75, 3.05) is 6.54 Å². The van der Waals surface area contributed by atoms with Gasteiger partial charge in [-0.15, -0.1) is 0 Å². The van der Waals surface area contributed by atoms with Gasteiger partial charge >= 0.3 is 0 Å². The summed E-state index contributed by atoms with van der Waals surface area (Å²) in [6.07, 6.45) is 10.6. The van der Waals surface area contributed by atoms with Gasteiger partial charge < -0.3 is 9.67 Å². The van der Waals surface area contributed by atoms with Crippen LogP contribution in [0, 0.1) is 5.92 Å². The van der Waals surface area contributed by atoms with Crippen molar-refractivity contribution in [3.05, 3.63) is 95.4 Å². The number of hydrogen-bond donors (Lipinski definition) is 0. The molecule has 4 aromatic rings. The molecule has 4 nitrogen and oxygen atoms in total. The first kappa shape index (κ1) is 25.1. The topological polar surface area (TPSA) is 48.1 Å². The first-order chi connectivity index (χ1) is 19.4. The maximum Gasteiger partial charge on any atom is 0.210 e. The molecule has 0 amide bonds. The van der Waals surface area contributed by atoms with Gasteiger partial charge in [0.2, 0.25) is 5.69 Å². The standard InChI is InChI=1S/C36H36N2O2/c1-23(2)17-20-38-30-16-15-24-11-5-6-12-25(24)33(30)36(18-9-4-10-19-36)31(38)21-27-34(39)32(35(27)40)28-22-37(3)29-14-8-7-13-26(28)29/h5-8,11-16,21-23H,4,9-10,17-20H2,1-3H3. The Labute approximate surface area is 236 Å². The number of carbonyl (C=O) groups excluding carboxylic acids is 1. The van der Waals surface area contributed by atoms with Crippen molar-refractivity contribution < 1.29 is 14.5 Å². The Morgan fingerprint density at radius 2 is 1.70 bits per heavy atom. The van der Waals surface area contributed by atoms with E-state index in [1.54, 1.807) is 0 Å². The first-order valence-corrected chi connectivity index (χ1v) is 14.8. The SMILES string of the molecule is CC(C)CC[N+]1=C(/C=C2/C(=O)C(c3cn(C)c4ccccc34)=C2[O-])C2(CCCCC2)c2c1ccc1ccccc21. The average Bonchev–Trinajstić information content (AvgIpc) is 3.42. The van der Waals surface area contributed by atoms with Crippen LogP contribution in [-0.2, 0) is 17.3 Å². The molecule has 7 rings (SSSR count). The maximum absolute atomic E-state index is 13.8. The van der Waals surface area contributed by atoms with Crippen molar-refractivity contribution in [3.8, 4) is 0 Å². The molecule has 0 saturated heterocycles. The number of nitrogens with zero attached hydrogens (tertiary/aromatic N) is 2. The molecule has 1 fully saturated rings. The lowest BCUT2D eigenvalue weighted by Crippen LogP contribution is -2.39. The van der Waals surface area contributed by atoms with Crippen LogP contribution in [0.3, 0.4) is 0 Å². The van der Waals surface area contributed by atoms with E-state index < -0.39 is 0 Å². The number of rotatable bonds is 5. The highest BCUT2D eigenvalue weighted by atomic mass is 16.3. The molecule has 1 aliphatic heterocycles. The molecule has 2 aliphatic carbocycles. The van der Waals surface area contributed by atoms with Crippen LogP contribution in [-0.4, -0.2) is 27.2 Å². The van der Waals surface area contributed by atoms with E-state index in [0.717, 1.165) is 60.8 Å². The maximum atomic E-state index is 13.8. The summed E-state index contributed by atoms with van der Waals surface area (Å²) in [4.78, 5) is 13.8. The lowest BCUT2D eigenvalue weighted by molar-refractivity contribution is -0.439. The van der Waals surface area contributed by atoms with Crippen LogP contribution in [0.4, 0.5) is 5.69 Å². The summed E-state index contributed by atoms with van der Waals surface area (Å²) in [5.41, 5.74) is 6.09. The monoisotopic (exact) mass is 528 g/mol. The summed E-state index contributed by atoms with van der Waals surface area (Å²) < 4.78 is 4.45. The molecule has 202 valence electrons. The summed E-state index contributed by atoms with van der Waals surface area (Å²) in [5.74, 6) is 0.313. The number of allylic oxidation sites excluding steroid dienone is 3. The van der Waals surface area contributed by atoms with E-state index in [1.165, 1.54) is 28.4 Å². The zero-order chi connectivity index (χ0) is 27.6. The molecule has 40 heavy (non-hydrogen) atoms. The number of fused-ring (bicyclic) bond motifs is 5. The molecule has 0 atom stereocenters. The molecule has 1 saturated carbocycles. The van der Waals surface area contributed by atoms with Crippen molar-refractivity contribution in [3.63, 3.8) is 0 Å². The fourth-order valence-corrected chi connectivity index (χ4v) is 7.48. The molecule has 0 bridgehead atoms. The number of para-hydroxylation sites is 1. The van der Waals surface area contributed by atoms with Crippen molar-refractivity contribution in [1.29, 1.82) is 0 Å². The number of aryl methyl sites for hydroxylation is 1. The summed E-state index contributed by atoms with van der Waals surface area (Å²) >= 11 is 0. The molecular formula is C36H36N2O2. The lowest BCUT2D eigenvalue weighted by atomic mass is 9.65. The van der Waals surface area contributed by atoms with Gasteiger partial charge in [-0.2, -0.15) is 4.58 Å². The summed E-state index contributed by atoms with van der Waals surface area (Å²) in [6.45, 7) is 5.40. The predicted molar refractivity (Wildman–Crippen MR) is 161 cm³/mol. The minimum absolute atomic E-state index is 0.121. The molecular weight excluding hydrogens is 492 g/mol. The van der Waals surface area contributed by atoms with Crippen LogP contribution < -0.4 is 5.11 Å². The molecule has 0 radical (unpaired) electrons. The van der Waals surface area contributed by atoms with E-state index in [0.29, 0.717) is 17.1 Å². The van der Waals surface area contributed by atoms with Gasteiger partial charge in [-0.05, 0) is 41.7 Å². The Morgan fingerprint density at radius 1 is 0.975 bits per heavy atom. The molecule has 1 aromatic heterocycles. The molecule has 0 N–H and O–H groups in total. The minimum atomic E-state index is -0.172. The van der Waals surface area contributed by atoms with Gasteiger partial charge in [0.25, 0.3) is 0 Å². The molecule has 2 heterocycles. The molecule has 3 aliphatic rings. The summed E-state index contributed by atoms with van der Waals surface area (Å²) in [6, 6.07) is 21.2. The van der Waals surface area contributed by atoms with Gasteiger partial charge in [-0.25, -0.2) is 0 Å². The molecule has 0 unspecified atom stereocenters. The zero-order valence-electron chi connectivity index (χ0n) is 23.7. The zero-order valence-corrected chi connectivity index (χ0v) is 23.7. The quantitative estimate of drug-likeness (QED) is 0.208. The van der Waals surface area contributed by atoms with Crippen molar-refractivity contribution in [1.82, 2.24) is 4.57 Å². The minimum Gasteiger partial charge on any atom is -0.871 e. The van der Waals surface area contributed by atoms with Crippen LogP contribution >= 0.6 is 0 Å². The van der Waals surface area contributed by atoms with Gasteiger partial charge in [0, 0.05) is 65.0 Å². The van der Waals surface area contributed by atoms with Crippen LogP contribution in [0.2, 0.25) is 0 Å². The largest absolute Gasteiger partial charge is 0.871 e. The van der Waals surface area contributed by atoms with Crippen LogP contribution in [0.5, 0.6) is 0 Å². The van der Waals surface area contributed by atoms with Gasteiger partial charge in [0.05, 0.1) is 5.41 Å². The van der Waals surface area contributed by atoms with Gasteiger partial charge in [-0.1, -0.05) is 81.3 Å². The fraction of sp³-hybridized carbons (Fsp3) is 0.333. The second-order valence-electron chi connectivity index (χ2n) is 12.3. The number of hydrogen-bond acceptors (Lipinski definition) is 2. The normalized spacial score (nSPS) is 19.5. The van der Waals surface area contributed by atoms with Crippen LogP contribution in [0.25, 0.3) is 27.2 Å². The van der Waals surface area contributed by atoms with Gasteiger partial charge in [0.15, 0.2) is 11.5 Å². The smallest absolute Gasteiger partial charge is 0.210 e. The van der Waals surface area contributed by atoms with Crippen LogP contribution in [0.1, 0.15) is 63.5 Å². The highest BCUT2D eigenvalue weighted by Crippen LogP contribution is 2.52. The third kappa shape index (κ3) is 3.58. The van der Waals surface area contributed by atoms with Crippen LogP contribution in [0.15, 0.2) is 84.3 Å². The second-order valence-corrected chi connectivity index (χ2v) is 12.3. The van der Waals surface area contributed by atoms with Crippen molar-refractivity contribution in [2.24, 2.45) is 13.0 Å². The highest BCUT2D eigenvalue weighted by Gasteiger charge is 2.53.